The lowest BCUT2D eigenvalue weighted by Crippen LogP contribution is -2.19. The van der Waals surface area contributed by atoms with Gasteiger partial charge in [-0.05, 0) is 30.3 Å². The maximum Gasteiger partial charge on any atom is 0.0908 e. The van der Waals surface area contributed by atoms with Gasteiger partial charge in [0.05, 0.1) is 5.84 Å². The van der Waals surface area contributed by atoms with Crippen LogP contribution < -0.4 is 5.73 Å². The first kappa shape index (κ1) is 7.92. The van der Waals surface area contributed by atoms with E-state index in [1.807, 2.05) is 11.8 Å². The summed E-state index contributed by atoms with van der Waals surface area (Å²) in [4.78, 5) is 0. The second-order valence-electron chi connectivity index (χ2n) is 2.81. The molecule has 3 N–H and O–H groups in total. The SMILES string of the molecule is N=C(N)CC1CCCSC1. The third kappa shape index (κ3) is 2.60. The molecule has 0 amide bonds. The molecule has 1 fully saturated rings. The van der Waals surface area contributed by atoms with Crippen LogP contribution in [0.2, 0.25) is 0 Å². The Labute approximate surface area is 66.1 Å². The van der Waals surface area contributed by atoms with Crippen LogP contribution in [0.3, 0.4) is 0 Å². The van der Waals surface area contributed by atoms with Gasteiger partial charge in [-0.15, -0.1) is 0 Å². The van der Waals surface area contributed by atoms with Crippen molar-refractivity contribution in [2.24, 2.45) is 11.7 Å². The topological polar surface area (TPSA) is 49.9 Å². The van der Waals surface area contributed by atoms with Gasteiger partial charge < -0.3 is 5.73 Å². The molecule has 1 aliphatic heterocycles. The molecule has 0 radical (unpaired) electrons. The highest BCUT2D eigenvalue weighted by atomic mass is 32.2. The molecule has 0 aromatic carbocycles. The van der Waals surface area contributed by atoms with Crippen LogP contribution >= 0.6 is 11.8 Å². The Morgan fingerprint density at radius 3 is 3.00 bits per heavy atom. The molecule has 1 saturated heterocycles. The fourth-order valence-electron chi connectivity index (χ4n) is 1.28. The minimum Gasteiger partial charge on any atom is -0.388 e. The summed E-state index contributed by atoms with van der Waals surface area (Å²) in [7, 11) is 0. The fourth-order valence-corrected chi connectivity index (χ4v) is 2.43. The van der Waals surface area contributed by atoms with Crippen molar-refractivity contribution in [1.29, 1.82) is 5.41 Å². The van der Waals surface area contributed by atoms with Crippen LogP contribution in [-0.2, 0) is 0 Å². The third-order valence-corrected chi connectivity index (χ3v) is 3.05. The fraction of sp³-hybridized carbons (Fsp3) is 0.857. The molecule has 2 nitrogen and oxygen atoms in total. The molecule has 1 rings (SSSR count). The molecule has 3 heteroatoms. The maximum absolute atomic E-state index is 7.10. The number of nitrogens with one attached hydrogen (secondary N) is 1. The predicted octanol–water partition coefficient (Wildman–Crippen LogP) is 1.46. The molecule has 1 heterocycles. The van der Waals surface area contributed by atoms with E-state index in [0.717, 1.165) is 6.42 Å². The van der Waals surface area contributed by atoms with Gasteiger partial charge in [0, 0.05) is 6.42 Å². The van der Waals surface area contributed by atoms with E-state index in [-0.39, 0.29) is 0 Å². The number of thioether (sulfide) groups is 1. The van der Waals surface area contributed by atoms with Gasteiger partial charge in [0.1, 0.15) is 0 Å². The Kier molecular flexibility index (Phi) is 3.06. The lowest BCUT2D eigenvalue weighted by molar-refractivity contribution is 0.540. The lowest BCUT2D eigenvalue weighted by atomic mass is 10.0. The standard InChI is InChI=1S/C7H14N2S/c8-7(9)4-6-2-1-3-10-5-6/h6H,1-5H2,(H3,8,9). The van der Waals surface area contributed by atoms with E-state index in [2.05, 4.69) is 0 Å². The van der Waals surface area contributed by atoms with Crippen molar-refractivity contribution in [2.75, 3.05) is 11.5 Å². The van der Waals surface area contributed by atoms with Gasteiger partial charge in [-0.1, -0.05) is 0 Å². The van der Waals surface area contributed by atoms with Crippen molar-refractivity contribution in [3.8, 4) is 0 Å². The molecule has 58 valence electrons. The first-order chi connectivity index (χ1) is 4.79. The van der Waals surface area contributed by atoms with Crippen molar-refractivity contribution >= 4 is 17.6 Å². The molecular weight excluding hydrogens is 144 g/mol. The van der Waals surface area contributed by atoms with Gasteiger partial charge in [0.15, 0.2) is 0 Å². The summed E-state index contributed by atoms with van der Waals surface area (Å²) < 4.78 is 0. The van der Waals surface area contributed by atoms with Gasteiger partial charge in [-0.2, -0.15) is 11.8 Å². The monoisotopic (exact) mass is 158 g/mol. The zero-order valence-electron chi connectivity index (χ0n) is 6.10. The largest absolute Gasteiger partial charge is 0.388 e. The zero-order chi connectivity index (χ0) is 7.40. The van der Waals surface area contributed by atoms with Crippen molar-refractivity contribution in [3.63, 3.8) is 0 Å². The molecule has 1 aliphatic rings. The summed E-state index contributed by atoms with van der Waals surface area (Å²) in [5, 5.41) is 7.10. The summed E-state index contributed by atoms with van der Waals surface area (Å²) in [6.45, 7) is 0. The van der Waals surface area contributed by atoms with Crippen LogP contribution in [0.15, 0.2) is 0 Å². The number of hydrogen-bond acceptors (Lipinski definition) is 2. The highest BCUT2D eigenvalue weighted by molar-refractivity contribution is 7.99. The van der Waals surface area contributed by atoms with E-state index in [4.69, 9.17) is 11.1 Å². The highest BCUT2D eigenvalue weighted by Gasteiger charge is 2.13. The highest BCUT2D eigenvalue weighted by Crippen LogP contribution is 2.24. The first-order valence-corrected chi connectivity index (χ1v) is 4.85. The van der Waals surface area contributed by atoms with Crippen LogP contribution in [0.4, 0.5) is 0 Å². The van der Waals surface area contributed by atoms with E-state index in [9.17, 15) is 0 Å². The van der Waals surface area contributed by atoms with Crippen molar-refractivity contribution < 1.29 is 0 Å². The second kappa shape index (κ2) is 3.86. The summed E-state index contributed by atoms with van der Waals surface area (Å²) in [5.74, 6) is 3.55. The van der Waals surface area contributed by atoms with Gasteiger partial charge in [-0.25, -0.2) is 0 Å². The summed E-state index contributed by atoms with van der Waals surface area (Å²) in [5.41, 5.74) is 5.30. The number of rotatable bonds is 2. The van der Waals surface area contributed by atoms with E-state index >= 15 is 0 Å². The zero-order valence-corrected chi connectivity index (χ0v) is 6.91. The van der Waals surface area contributed by atoms with Gasteiger partial charge >= 0.3 is 0 Å². The number of amidine groups is 1. The number of hydrogen-bond donors (Lipinski definition) is 2. The van der Waals surface area contributed by atoms with Crippen LogP contribution in [0, 0.1) is 11.3 Å². The molecule has 10 heavy (non-hydrogen) atoms. The molecule has 0 bridgehead atoms. The summed E-state index contributed by atoms with van der Waals surface area (Å²) in [6, 6.07) is 0. The minimum atomic E-state index is 0.354. The Morgan fingerprint density at radius 1 is 1.70 bits per heavy atom. The predicted molar refractivity (Wildman–Crippen MR) is 46.6 cm³/mol. The van der Waals surface area contributed by atoms with Crippen LogP contribution in [0.1, 0.15) is 19.3 Å². The lowest BCUT2D eigenvalue weighted by Gasteiger charge is -2.19. The Hall–Kier alpha value is -0.180. The second-order valence-corrected chi connectivity index (χ2v) is 3.96. The Morgan fingerprint density at radius 2 is 2.50 bits per heavy atom. The molecule has 0 aliphatic carbocycles. The first-order valence-electron chi connectivity index (χ1n) is 3.69. The molecular formula is C7H14N2S. The summed E-state index contributed by atoms with van der Waals surface area (Å²) >= 11 is 1.99. The molecule has 1 atom stereocenters. The molecule has 0 spiro atoms. The quantitative estimate of drug-likeness (QED) is 0.472. The van der Waals surface area contributed by atoms with E-state index in [1.165, 1.54) is 24.3 Å². The molecule has 0 saturated carbocycles. The van der Waals surface area contributed by atoms with E-state index in [0.29, 0.717) is 11.8 Å². The molecule has 0 aromatic rings. The average molecular weight is 158 g/mol. The van der Waals surface area contributed by atoms with Gasteiger partial charge in [-0.3, -0.25) is 5.41 Å². The van der Waals surface area contributed by atoms with Gasteiger partial charge in [0.25, 0.3) is 0 Å². The smallest absolute Gasteiger partial charge is 0.0908 e. The van der Waals surface area contributed by atoms with Crippen molar-refractivity contribution in [3.05, 3.63) is 0 Å². The van der Waals surface area contributed by atoms with Crippen LogP contribution in [0.25, 0.3) is 0 Å². The normalized spacial score (nSPS) is 26.2. The molecule has 0 aromatic heterocycles. The van der Waals surface area contributed by atoms with Crippen molar-refractivity contribution in [2.45, 2.75) is 19.3 Å². The third-order valence-electron chi connectivity index (χ3n) is 1.76. The van der Waals surface area contributed by atoms with Crippen LogP contribution in [-0.4, -0.2) is 17.3 Å². The van der Waals surface area contributed by atoms with Crippen LogP contribution in [0.5, 0.6) is 0 Å². The number of nitrogens with two attached hydrogens (primary N) is 1. The summed E-state index contributed by atoms with van der Waals surface area (Å²) in [6.07, 6.45) is 3.39. The average Bonchev–Trinajstić information content (AvgIpc) is 1.88. The molecule has 1 unspecified atom stereocenters. The Bertz CT molecular complexity index is 119. The van der Waals surface area contributed by atoms with E-state index < -0.39 is 0 Å². The Balaban J connectivity index is 2.19. The van der Waals surface area contributed by atoms with Gasteiger partial charge in [0.2, 0.25) is 0 Å². The minimum absolute atomic E-state index is 0.354. The van der Waals surface area contributed by atoms with Crippen molar-refractivity contribution in [1.82, 2.24) is 0 Å². The maximum atomic E-state index is 7.10. The van der Waals surface area contributed by atoms with E-state index in [1.54, 1.807) is 0 Å².